The second kappa shape index (κ2) is 28.3. The minimum Gasteiger partial charge on any atom is -0.255 e. The van der Waals surface area contributed by atoms with E-state index in [9.17, 15) is 0 Å². The summed E-state index contributed by atoms with van der Waals surface area (Å²) in [4.78, 5) is 34.9. The van der Waals surface area contributed by atoms with Gasteiger partial charge in [0.2, 0.25) is 0 Å². The van der Waals surface area contributed by atoms with Crippen LogP contribution in [0.4, 0.5) is 0 Å². The van der Waals surface area contributed by atoms with Crippen LogP contribution in [0.2, 0.25) is 0 Å². The molecular weight excluding hydrogens is 1310 g/mol. The molecule has 0 radical (unpaired) electrons. The van der Waals surface area contributed by atoms with Crippen LogP contribution < -0.4 is 0 Å². The second-order valence-electron chi connectivity index (χ2n) is 27.1. The Balaban J connectivity index is 0.000000147. The van der Waals surface area contributed by atoms with Crippen LogP contribution in [0.1, 0.15) is 0 Å². The highest BCUT2D eigenvalue weighted by molar-refractivity contribution is 6.19. The lowest BCUT2D eigenvalue weighted by Gasteiger charge is -2.15. The van der Waals surface area contributed by atoms with Crippen molar-refractivity contribution in [3.05, 3.63) is 395 Å². The number of aromatic nitrogens is 7. The van der Waals surface area contributed by atoms with E-state index < -0.39 is 0 Å². The molecule has 504 valence electrons. The van der Waals surface area contributed by atoms with E-state index >= 15 is 0 Å². The van der Waals surface area contributed by atoms with Crippen LogP contribution in [-0.2, 0) is 0 Å². The monoisotopic (exact) mass is 1380 g/mol. The highest BCUT2D eigenvalue weighted by atomic mass is 14.8. The summed E-state index contributed by atoms with van der Waals surface area (Å²) in [6.07, 6.45) is 3.60. The molecule has 0 saturated heterocycles. The Morgan fingerprint density at radius 1 is 0.167 bits per heavy atom. The van der Waals surface area contributed by atoms with Crippen LogP contribution in [-0.4, -0.2) is 34.9 Å². The fourth-order valence-electron chi connectivity index (χ4n) is 15.0. The normalized spacial score (nSPS) is 11.3. The van der Waals surface area contributed by atoms with Gasteiger partial charge in [-0.15, -0.1) is 0 Å². The topological polar surface area (TPSA) is 90.2 Å². The zero-order chi connectivity index (χ0) is 71.7. The molecule has 13 aromatic carbocycles. The van der Waals surface area contributed by atoms with Crippen LogP contribution in [0.15, 0.2) is 395 Å². The van der Waals surface area contributed by atoms with Crippen molar-refractivity contribution in [2.75, 3.05) is 0 Å². The summed E-state index contributed by atoms with van der Waals surface area (Å²) in [6.45, 7) is 0. The van der Waals surface area contributed by atoms with Gasteiger partial charge in [-0.25, -0.2) is 24.9 Å². The molecule has 0 aliphatic carbocycles. The minimum absolute atomic E-state index is 0.814. The average molecular weight is 1380 g/mol. The van der Waals surface area contributed by atoms with E-state index in [1.165, 1.54) is 33.0 Å². The molecule has 0 spiro atoms. The fraction of sp³-hybridized carbons (Fsp3) is 0. The third kappa shape index (κ3) is 12.5. The van der Waals surface area contributed by atoms with Crippen LogP contribution in [0.5, 0.6) is 0 Å². The van der Waals surface area contributed by atoms with Crippen molar-refractivity contribution >= 4 is 65.2 Å². The van der Waals surface area contributed by atoms with Gasteiger partial charge in [0.25, 0.3) is 0 Å². The van der Waals surface area contributed by atoms with Crippen molar-refractivity contribution in [3.8, 4) is 135 Å². The Kier molecular flexibility index (Phi) is 16.8. The molecule has 20 rings (SSSR count). The molecule has 0 amide bonds. The predicted molar refractivity (Wildman–Crippen MR) is 448 cm³/mol. The van der Waals surface area contributed by atoms with Crippen LogP contribution in [0, 0.1) is 0 Å². The number of rotatable bonds is 12. The standard InChI is InChI=1S/C52H34N4.C49H31N3/c1-3-12-39(13-4-1)43-16-11-17-44-51(43)45-32-41(28-29-46(45)56-52(44)40-14-5-2-6-15-40)37-24-20-35(21-25-37)36-22-26-38(27-23-36)42-33-49(47-18-7-9-30-53-47)55-50(34-42)48-19-8-10-31-54-48;1-4-11-33(12-5-1)40-17-10-18-41-46(40)42-31-39(27-30-45(42)52-47(41)36-15-8-3-9-16-36)32-19-21-35(22-20-32)44-29-26-38-24-23-37-25-28-43(34-13-6-2-7-14-34)50-48(37)49(38)51-44/h1-34H;1-31H. The molecule has 0 N–H and O–H groups in total. The number of pyridine rings is 7. The maximum atomic E-state index is 5.26. The molecular formula is C101H65N7. The van der Waals surface area contributed by atoms with Gasteiger partial charge in [0.05, 0.1) is 67.6 Å². The molecule has 0 saturated carbocycles. The second-order valence-corrected chi connectivity index (χ2v) is 27.1. The smallest absolute Gasteiger partial charge is 0.0972 e. The van der Waals surface area contributed by atoms with Gasteiger partial charge in [0, 0.05) is 77.7 Å². The van der Waals surface area contributed by atoms with Crippen molar-refractivity contribution in [2.24, 2.45) is 0 Å². The maximum absolute atomic E-state index is 5.26. The summed E-state index contributed by atoms with van der Waals surface area (Å²) < 4.78 is 0. The molecule has 7 nitrogen and oxygen atoms in total. The minimum atomic E-state index is 0.814. The zero-order valence-corrected chi connectivity index (χ0v) is 58.7. The molecule has 108 heavy (non-hydrogen) atoms. The van der Waals surface area contributed by atoms with Gasteiger partial charge in [-0.1, -0.05) is 309 Å². The van der Waals surface area contributed by atoms with Gasteiger partial charge in [0.15, 0.2) is 0 Å². The molecule has 0 atom stereocenters. The fourth-order valence-corrected chi connectivity index (χ4v) is 15.0. The summed E-state index contributed by atoms with van der Waals surface area (Å²) in [5.41, 5.74) is 29.2. The molecule has 0 bridgehead atoms. The van der Waals surface area contributed by atoms with Crippen molar-refractivity contribution in [1.82, 2.24) is 34.9 Å². The van der Waals surface area contributed by atoms with Crippen LogP contribution in [0.25, 0.3) is 200 Å². The number of benzene rings is 13. The van der Waals surface area contributed by atoms with Crippen molar-refractivity contribution in [3.63, 3.8) is 0 Å². The van der Waals surface area contributed by atoms with E-state index in [1.54, 1.807) is 12.4 Å². The Morgan fingerprint density at radius 2 is 0.500 bits per heavy atom. The largest absolute Gasteiger partial charge is 0.255 e. The van der Waals surface area contributed by atoms with Crippen molar-refractivity contribution < 1.29 is 0 Å². The van der Waals surface area contributed by atoms with Gasteiger partial charge in [-0.05, 0) is 140 Å². The van der Waals surface area contributed by atoms with E-state index in [-0.39, 0.29) is 0 Å². The number of hydrogen-bond donors (Lipinski definition) is 0. The van der Waals surface area contributed by atoms with E-state index in [0.717, 1.165) is 167 Å². The Morgan fingerprint density at radius 3 is 0.898 bits per heavy atom. The van der Waals surface area contributed by atoms with Gasteiger partial charge >= 0.3 is 0 Å². The average Bonchev–Trinajstić information content (AvgIpc) is 0.736. The quantitative estimate of drug-likeness (QED) is 0.113. The zero-order valence-electron chi connectivity index (χ0n) is 58.7. The van der Waals surface area contributed by atoms with E-state index in [0.29, 0.717) is 0 Å². The number of fused-ring (bicyclic) bond motifs is 9. The van der Waals surface area contributed by atoms with Crippen molar-refractivity contribution in [2.45, 2.75) is 0 Å². The van der Waals surface area contributed by atoms with E-state index in [2.05, 4.69) is 338 Å². The Labute approximate surface area is 625 Å². The summed E-state index contributed by atoms with van der Waals surface area (Å²) in [6, 6.07) is 134. The summed E-state index contributed by atoms with van der Waals surface area (Å²) in [5, 5.41) is 9.17. The summed E-state index contributed by atoms with van der Waals surface area (Å²) in [7, 11) is 0. The Hall–Kier alpha value is -14.5. The number of nitrogens with zero attached hydrogens (tertiary/aromatic N) is 7. The first-order chi connectivity index (χ1) is 53.5. The van der Waals surface area contributed by atoms with Crippen LogP contribution >= 0.6 is 0 Å². The van der Waals surface area contributed by atoms with Gasteiger partial charge in [-0.2, -0.15) is 0 Å². The molecule has 0 fully saturated rings. The van der Waals surface area contributed by atoms with Crippen molar-refractivity contribution in [1.29, 1.82) is 0 Å². The van der Waals surface area contributed by atoms with Crippen LogP contribution in [0.3, 0.4) is 0 Å². The molecule has 20 aromatic rings. The van der Waals surface area contributed by atoms with Gasteiger partial charge in [0.1, 0.15) is 0 Å². The first-order valence-electron chi connectivity index (χ1n) is 36.4. The lowest BCUT2D eigenvalue weighted by molar-refractivity contribution is 1.22. The SMILES string of the molecule is c1ccc(-c2ccc3ccc4ccc(-c5ccc(-c6ccc7nc(-c8ccccc8)c8cccc(-c9ccccc9)c8c7c6)cc5)nc4c3n2)cc1.c1ccc(-c2nc3ccc(-c4ccc(-c5ccc(-c6cc(-c7ccccn7)nc(-c7ccccn7)c6)cc5)cc4)cc3c3c(-c4ccccc4)cccc23)cc1. The highest BCUT2D eigenvalue weighted by Gasteiger charge is 2.20. The summed E-state index contributed by atoms with van der Waals surface area (Å²) in [5.74, 6) is 0. The lowest BCUT2D eigenvalue weighted by Crippen LogP contribution is -1.94. The molecule has 0 unspecified atom stereocenters. The summed E-state index contributed by atoms with van der Waals surface area (Å²) >= 11 is 0. The molecule has 0 aliphatic heterocycles. The number of hydrogen-bond acceptors (Lipinski definition) is 7. The van der Waals surface area contributed by atoms with E-state index in [1.807, 2.05) is 54.6 Å². The first kappa shape index (κ1) is 64.3. The van der Waals surface area contributed by atoms with E-state index in [4.69, 9.17) is 24.9 Å². The van der Waals surface area contributed by atoms with Gasteiger partial charge in [-0.3, -0.25) is 9.97 Å². The predicted octanol–water partition coefficient (Wildman–Crippen LogP) is 26.1. The molecule has 7 heterocycles. The Bertz CT molecular complexity index is 6650. The third-order valence-electron chi connectivity index (χ3n) is 20.5. The highest BCUT2D eigenvalue weighted by Crippen LogP contribution is 2.43. The first-order valence-corrected chi connectivity index (χ1v) is 36.4. The molecule has 7 aromatic heterocycles. The molecule has 7 heteroatoms. The van der Waals surface area contributed by atoms with Gasteiger partial charge < -0.3 is 0 Å². The molecule has 0 aliphatic rings. The lowest BCUT2D eigenvalue weighted by atomic mass is 9.91. The third-order valence-corrected chi connectivity index (χ3v) is 20.5. The maximum Gasteiger partial charge on any atom is 0.0972 e.